The van der Waals surface area contributed by atoms with E-state index in [1.807, 2.05) is 18.2 Å². The minimum atomic E-state index is -4.30. The molecule has 0 aromatic heterocycles. The van der Waals surface area contributed by atoms with Crippen molar-refractivity contribution in [3.05, 3.63) is 58.1 Å². The van der Waals surface area contributed by atoms with Gasteiger partial charge in [-0.3, -0.25) is 0 Å². The number of para-hydroxylation sites is 1. The number of rotatable bonds is 1. The number of fused-ring (bicyclic) bond motifs is 1. The molecule has 0 saturated carbocycles. The third-order valence-corrected chi connectivity index (χ3v) is 4.13. The lowest BCUT2D eigenvalue weighted by Crippen LogP contribution is -2.26. The van der Waals surface area contributed by atoms with Crippen LogP contribution in [0.5, 0.6) is 0 Å². The third kappa shape index (κ3) is 2.85. The van der Waals surface area contributed by atoms with Gasteiger partial charge in [0.1, 0.15) is 0 Å². The van der Waals surface area contributed by atoms with E-state index in [0.717, 1.165) is 33.5 Å². The fraction of sp³-hybridized carbons (Fsp3) is 0.200. The molecule has 21 heavy (non-hydrogen) atoms. The largest absolute Gasteiger partial charge is 0.416 e. The first kappa shape index (κ1) is 14.3. The summed E-state index contributed by atoms with van der Waals surface area (Å²) in [6, 6.07) is 11.0. The fourth-order valence-corrected chi connectivity index (χ4v) is 2.84. The van der Waals surface area contributed by atoms with Crippen LogP contribution in [0.25, 0.3) is 0 Å². The summed E-state index contributed by atoms with van der Waals surface area (Å²) in [4.78, 5) is 0. The maximum atomic E-state index is 12.6. The predicted molar refractivity (Wildman–Crippen MR) is 80.4 cm³/mol. The van der Waals surface area contributed by atoms with E-state index in [4.69, 9.17) is 0 Å². The van der Waals surface area contributed by atoms with E-state index in [2.05, 4.69) is 26.6 Å². The highest BCUT2D eigenvalue weighted by molar-refractivity contribution is 9.10. The Bertz CT molecular complexity index is 653. The van der Waals surface area contributed by atoms with Gasteiger partial charge in [-0.1, -0.05) is 18.2 Å². The minimum Gasteiger partial charge on any atom is -0.381 e. The second-order valence-electron chi connectivity index (χ2n) is 4.86. The zero-order chi connectivity index (χ0) is 15.0. The number of anilines is 2. The van der Waals surface area contributed by atoms with Crippen molar-refractivity contribution in [2.75, 3.05) is 17.2 Å². The average molecular weight is 357 g/mol. The van der Waals surface area contributed by atoms with Gasteiger partial charge in [-0.25, -0.2) is 0 Å². The van der Waals surface area contributed by atoms with Gasteiger partial charge in [0.05, 0.1) is 23.0 Å². The Labute approximate surface area is 128 Å². The SMILES string of the molecule is FC(F)(F)c1ccc(C2CNc3cccc(Br)c3N2)cc1. The van der Waals surface area contributed by atoms with Crippen LogP contribution in [0.1, 0.15) is 17.2 Å². The first-order valence-electron chi connectivity index (χ1n) is 6.41. The van der Waals surface area contributed by atoms with Crippen LogP contribution in [0.2, 0.25) is 0 Å². The number of halogens is 4. The van der Waals surface area contributed by atoms with E-state index >= 15 is 0 Å². The molecule has 3 rings (SSSR count). The molecule has 6 heteroatoms. The molecule has 0 spiro atoms. The smallest absolute Gasteiger partial charge is 0.381 e. The molecule has 2 nitrogen and oxygen atoms in total. The molecule has 0 bridgehead atoms. The summed E-state index contributed by atoms with van der Waals surface area (Å²) in [6.45, 7) is 0.620. The van der Waals surface area contributed by atoms with Crippen molar-refractivity contribution < 1.29 is 13.2 Å². The lowest BCUT2D eigenvalue weighted by molar-refractivity contribution is -0.137. The quantitative estimate of drug-likeness (QED) is 0.747. The van der Waals surface area contributed by atoms with E-state index in [0.29, 0.717) is 6.54 Å². The van der Waals surface area contributed by atoms with Crippen LogP contribution in [0.3, 0.4) is 0 Å². The topological polar surface area (TPSA) is 24.1 Å². The van der Waals surface area contributed by atoms with E-state index in [-0.39, 0.29) is 6.04 Å². The summed E-state index contributed by atoms with van der Waals surface area (Å²) >= 11 is 3.47. The lowest BCUT2D eigenvalue weighted by Gasteiger charge is -2.29. The number of hydrogen-bond acceptors (Lipinski definition) is 2. The molecule has 2 aromatic carbocycles. The highest BCUT2D eigenvalue weighted by Gasteiger charge is 2.30. The molecule has 1 aliphatic heterocycles. The van der Waals surface area contributed by atoms with Crippen molar-refractivity contribution in [1.82, 2.24) is 0 Å². The Balaban J connectivity index is 1.85. The van der Waals surface area contributed by atoms with E-state index in [1.54, 1.807) is 0 Å². The van der Waals surface area contributed by atoms with Crippen LogP contribution in [-0.2, 0) is 6.18 Å². The van der Waals surface area contributed by atoms with Crippen molar-refractivity contribution in [2.45, 2.75) is 12.2 Å². The molecule has 1 aliphatic rings. The van der Waals surface area contributed by atoms with Gasteiger partial charge in [0.15, 0.2) is 0 Å². The van der Waals surface area contributed by atoms with Gasteiger partial charge >= 0.3 is 6.18 Å². The summed E-state index contributed by atoms with van der Waals surface area (Å²) in [5, 5.41) is 6.63. The molecule has 0 aliphatic carbocycles. The summed E-state index contributed by atoms with van der Waals surface area (Å²) < 4.78 is 38.7. The molecule has 0 amide bonds. The molecule has 1 atom stereocenters. The minimum absolute atomic E-state index is 0.0708. The molecule has 1 unspecified atom stereocenters. The molecule has 0 saturated heterocycles. The molecular weight excluding hydrogens is 345 g/mol. The van der Waals surface area contributed by atoms with Crippen molar-refractivity contribution in [3.8, 4) is 0 Å². The van der Waals surface area contributed by atoms with Gasteiger partial charge in [-0.15, -0.1) is 0 Å². The summed E-state index contributed by atoms with van der Waals surface area (Å²) in [5.74, 6) is 0. The van der Waals surface area contributed by atoms with Crippen LogP contribution >= 0.6 is 15.9 Å². The zero-order valence-corrected chi connectivity index (χ0v) is 12.4. The van der Waals surface area contributed by atoms with Gasteiger partial charge in [-0.05, 0) is 45.8 Å². The Morgan fingerprint density at radius 2 is 1.76 bits per heavy atom. The first-order valence-corrected chi connectivity index (χ1v) is 7.20. The second kappa shape index (κ2) is 5.26. The maximum Gasteiger partial charge on any atom is 0.416 e. The van der Waals surface area contributed by atoms with Crippen molar-refractivity contribution >= 4 is 27.3 Å². The number of benzene rings is 2. The normalized spacial score (nSPS) is 17.6. The lowest BCUT2D eigenvalue weighted by atomic mass is 10.0. The third-order valence-electron chi connectivity index (χ3n) is 3.47. The number of alkyl halides is 3. The Morgan fingerprint density at radius 1 is 1.05 bits per heavy atom. The monoisotopic (exact) mass is 356 g/mol. The van der Waals surface area contributed by atoms with Crippen LogP contribution < -0.4 is 10.6 Å². The van der Waals surface area contributed by atoms with Crippen molar-refractivity contribution in [3.63, 3.8) is 0 Å². The van der Waals surface area contributed by atoms with E-state index < -0.39 is 11.7 Å². The van der Waals surface area contributed by atoms with Gasteiger partial charge in [0.2, 0.25) is 0 Å². The van der Waals surface area contributed by atoms with Crippen molar-refractivity contribution in [2.24, 2.45) is 0 Å². The molecule has 0 fully saturated rings. The van der Waals surface area contributed by atoms with Gasteiger partial charge in [-0.2, -0.15) is 13.2 Å². The standard InChI is InChI=1S/C15H12BrF3N2/c16-11-2-1-3-12-14(11)21-13(8-20-12)9-4-6-10(7-5-9)15(17,18)19/h1-7,13,20-21H,8H2. The van der Waals surface area contributed by atoms with Crippen LogP contribution in [0.4, 0.5) is 24.5 Å². The highest BCUT2D eigenvalue weighted by atomic mass is 79.9. The van der Waals surface area contributed by atoms with Gasteiger partial charge in [0, 0.05) is 11.0 Å². The summed E-state index contributed by atoms with van der Waals surface area (Å²) in [6.07, 6.45) is -4.30. The molecule has 1 heterocycles. The first-order chi connectivity index (χ1) is 9.95. The average Bonchev–Trinajstić information content (AvgIpc) is 2.47. The van der Waals surface area contributed by atoms with Gasteiger partial charge in [0.25, 0.3) is 0 Å². The van der Waals surface area contributed by atoms with Crippen LogP contribution in [0, 0.1) is 0 Å². The molecule has 110 valence electrons. The maximum absolute atomic E-state index is 12.6. The summed E-state index contributed by atoms with van der Waals surface area (Å²) in [7, 11) is 0. The summed E-state index contributed by atoms with van der Waals surface area (Å²) in [5.41, 5.74) is 2.09. The molecular formula is C15H12BrF3N2. The second-order valence-corrected chi connectivity index (χ2v) is 5.71. The fourth-order valence-electron chi connectivity index (χ4n) is 2.36. The van der Waals surface area contributed by atoms with E-state index in [9.17, 15) is 13.2 Å². The van der Waals surface area contributed by atoms with E-state index in [1.165, 1.54) is 12.1 Å². The molecule has 2 N–H and O–H groups in total. The zero-order valence-electron chi connectivity index (χ0n) is 10.8. The number of nitrogens with one attached hydrogen (secondary N) is 2. The van der Waals surface area contributed by atoms with Gasteiger partial charge < -0.3 is 10.6 Å². The van der Waals surface area contributed by atoms with Crippen LogP contribution in [-0.4, -0.2) is 6.54 Å². The molecule has 2 aromatic rings. The van der Waals surface area contributed by atoms with Crippen LogP contribution in [0.15, 0.2) is 46.9 Å². The Hall–Kier alpha value is -1.69. The Morgan fingerprint density at radius 3 is 2.43 bits per heavy atom. The predicted octanol–water partition coefficient (Wildman–Crippen LogP) is 5.05. The Kier molecular flexibility index (Phi) is 3.57. The highest BCUT2D eigenvalue weighted by Crippen LogP contribution is 2.37. The molecule has 0 radical (unpaired) electrons. The number of hydrogen-bond donors (Lipinski definition) is 2. The van der Waals surface area contributed by atoms with Crippen molar-refractivity contribution in [1.29, 1.82) is 0 Å².